The number of ether oxygens (including phenoxy) is 2. The van der Waals surface area contributed by atoms with E-state index in [0.29, 0.717) is 16.0 Å². The Morgan fingerprint density at radius 1 is 1.09 bits per heavy atom. The minimum Gasteiger partial charge on any atom is -0.496 e. The molecular weight excluding hydrogens is 434 g/mol. The summed E-state index contributed by atoms with van der Waals surface area (Å²) in [5.74, 6) is -0.735. The molecule has 3 aromatic carbocycles. The van der Waals surface area contributed by atoms with Gasteiger partial charge in [0.05, 0.1) is 34.9 Å². The smallest absolute Gasteiger partial charge is 0.325 e. The molecular formula is C22H17N3O6S. The van der Waals surface area contributed by atoms with E-state index in [9.17, 15) is 19.7 Å². The first-order chi connectivity index (χ1) is 15.4. The van der Waals surface area contributed by atoms with E-state index in [1.807, 2.05) is 24.3 Å². The van der Waals surface area contributed by atoms with E-state index in [0.717, 1.165) is 22.1 Å². The van der Waals surface area contributed by atoms with Gasteiger partial charge < -0.3 is 14.0 Å². The van der Waals surface area contributed by atoms with Crippen molar-refractivity contribution in [3.63, 3.8) is 0 Å². The number of nitro groups is 1. The van der Waals surface area contributed by atoms with Crippen molar-refractivity contribution < 1.29 is 24.0 Å². The van der Waals surface area contributed by atoms with Gasteiger partial charge in [0.25, 0.3) is 11.6 Å². The Kier molecular flexibility index (Phi) is 5.69. The van der Waals surface area contributed by atoms with Crippen LogP contribution in [0.25, 0.3) is 21.0 Å². The average Bonchev–Trinajstić information content (AvgIpc) is 3.13. The number of non-ortho nitro benzene ring substituents is 1. The lowest BCUT2D eigenvalue weighted by Crippen LogP contribution is -2.22. The molecule has 0 bridgehead atoms. The van der Waals surface area contributed by atoms with E-state index in [-0.39, 0.29) is 22.6 Å². The van der Waals surface area contributed by atoms with Crippen LogP contribution in [-0.4, -0.2) is 35.6 Å². The number of thiazole rings is 1. The molecule has 0 unspecified atom stereocenters. The second-order valence-electron chi connectivity index (χ2n) is 6.77. The second kappa shape index (κ2) is 8.60. The van der Waals surface area contributed by atoms with Gasteiger partial charge in [-0.25, -0.2) is 0 Å². The molecule has 0 saturated carbocycles. The minimum absolute atomic E-state index is 0.0990. The van der Waals surface area contributed by atoms with Crippen molar-refractivity contribution in [2.24, 2.45) is 4.99 Å². The van der Waals surface area contributed by atoms with Crippen LogP contribution in [0.2, 0.25) is 0 Å². The molecule has 0 N–H and O–H groups in total. The van der Waals surface area contributed by atoms with Crippen LogP contribution in [0.4, 0.5) is 5.69 Å². The maximum Gasteiger partial charge on any atom is 0.325 e. The number of carbonyl (C=O) groups is 2. The summed E-state index contributed by atoms with van der Waals surface area (Å²) in [7, 11) is 2.72. The molecule has 0 aliphatic rings. The summed E-state index contributed by atoms with van der Waals surface area (Å²) in [5.41, 5.74) is 0.695. The zero-order valence-corrected chi connectivity index (χ0v) is 17.9. The lowest BCUT2D eigenvalue weighted by molar-refractivity contribution is -0.384. The van der Waals surface area contributed by atoms with Gasteiger partial charge in [-0.3, -0.25) is 19.7 Å². The summed E-state index contributed by atoms with van der Waals surface area (Å²) in [6.07, 6.45) is 0. The third-order valence-electron chi connectivity index (χ3n) is 4.89. The average molecular weight is 451 g/mol. The number of fused-ring (bicyclic) bond motifs is 2. The van der Waals surface area contributed by atoms with E-state index < -0.39 is 16.8 Å². The number of benzene rings is 3. The number of aromatic nitrogens is 1. The second-order valence-corrected chi connectivity index (χ2v) is 7.78. The molecule has 9 nitrogen and oxygen atoms in total. The highest BCUT2D eigenvalue weighted by Crippen LogP contribution is 2.27. The number of esters is 1. The highest BCUT2D eigenvalue weighted by atomic mass is 32.1. The summed E-state index contributed by atoms with van der Waals surface area (Å²) in [5, 5.41) is 12.9. The van der Waals surface area contributed by atoms with E-state index in [4.69, 9.17) is 9.47 Å². The molecule has 0 aliphatic carbocycles. The van der Waals surface area contributed by atoms with Crippen LogP contribution in [0.1, 0.15) is 10.4 Å². The lowest BCUT2D eigenvalue weighted by atomic mass is 10.1. The largest absolute Gasteiger partial charge is 0.496 e. The molecule has 1 aromatic heterocycles. The van der Waals surface area contributed by atoms with E-state index >= 15 is 0 Å². The number of carbonyl (C=O) groups excluding carboxylic acids is 2. The Morgan fingerprint density at radius 3 is 2.47 bits per heavy atom. The third-order valence-corrected chi connectivity index (χ3v) is 5.93. The van der Waals surface area contributed by atoms with E-state index in [1.54, 1.807) is 12.1 Å². The van der Waals surface area contributed by atoms with Crippen LogP contribution in [-0.2, 0) is 16.1 Å². The zero-order chi connectivity index (χ0) is 22.8. The summed E-state index contributed by atoms with van der Waals surface area (Å²) in [4.78, 5) is 40.2. The molecule has 1 heterocycles. The SMILES string of the molecule is COC(=O)Cn1c(=NC(=O)c2cc3ccccc3cc2OC)sc2cc([N+](=O)[O-])ccc21. The van der Waals surface area contributed by atoms with Crippen molar-refractivity contribution in [1.82, 2.24) is 4.57 Å². The molecule has 4 rings (SSSR count). The van der Waals surface area contributed by atoms with Crippen LogP contribution in [0.5, 0.6) is 5.75 Å². The van der Waals surface area contributed by atoms with Gasteiger partial charge in [0, 0.05) is 12.1 Å². The predicted octanol–water partition coefficient (Wildman–Crippen LogP) is 3.69. The maximum atomic E-state index is 13.1. The van der Waals surface area contributed by atoms with Crippen LogP contribution >= 0.6 is 11.3 Å². The fraction of sp³-hybridized carbons (Fsp3) is 0.136. The first-order valence-corrected chi connectivity index (χ1v) is 10.2. The number of rotatable bonds is 5. The zero-order valence-electron chi connectivity index (χ0n) is 17.1. The molecule has 0 saturated heterocycles. The standard InChI is InChI=1S/C22H17N3O6S/c1-30-18-10-14-6-4-3-5-13(14)9-16(18)21(27)23-22-24(12-20(26)31-2)17-8-7-15(25(28)29)11-19(17)32-22/h3-11H,12H2,1-2H3. The van der Waals surface area contributed by atoms with Crippen molar-refractivity contribution in [3.8, 4) is 5.75 Å². The molecule has 4 aromatic rings. The Morgan fingerprint density at radius 2 is 1.81 bits per heavy atom. The summed E-state index contributed by atoms with van der Waals surface area (Å²) in [6, 6.07) is 15.2. The number of nitrogens with zero attached hydrogens (tertiary/aromatic N) is 3. The van der Waals surface area contributed by atoms with Gasteiger partial charge >= 0.3 is 5.97 Å². The molecule has 0 radical (unpaired) electrons. The van der Waals surface area contributed by atoms with Crippen molar-refractivity contribution in [2.75, 3.05) is 14.2 Å². The summed E-state index contributed by atoms with van der Waals surface area (Å²) in [6.45, 7) is -0.199. The maximum absolute atomic E-state index is 13.1. The van der Waals surface area contributed by atoms with Crippen LogP contribution in [0.15, 0.2) is 59.6 Å². The summed E-state index contributed by atoms with van der Waals surface area (Å²) >= 11 is 1.07. The molecule has 0 fully saturated rings. The number of hydrogen-bond acceptors (Lipinski definition) is 7. The molecule has 1 amide bonds. The number of amides is 1. The Labute approximate surface area is 185 Å². The van der Waals surface area contributed by atoms with Crippen molar-refractivity contribution in [3.05, 3.63) is 75.1 Å². The first-order valence-electron chi connectivity index (χ1n) is 9.41. The van der Waals surface area contributed by atoms with Gasteiger partial charge in [0.15, 0.2) is 4.80 Å². The minimum atomic E-state index is -0.563. The van der Waals surface area contributed by atoms with E-state index in [1.165, 1.54) is 37.0 Å². The Balaban J connectivity index is 1.89. The fourth-order valence-corrected chi connectivity index (χ4v) is 4.37. The number of methoxy groups -OCH3 is 2. The van der Waals surface area contributed by atoms with Crippen LogP contribution < -0.4 is 9.54 Å². The highest BCUT2D eigenvalue weighted by molar-refractivity contribution is 7.16. The van der Waals surface area contributed by atoms with Crippen molar-refractivity contribution in [1.29, 1.82) is 0 Å². The normalized spacial score (nSPS) is 11.6. The Hall–Kier alpha value is -4.05. The third kappa shape index (κ3) is 3.95. The monoisotopic (exact) mass is 451 g/mol. The fourth-order valence-electron chi connectivity index (χ4n) is 3.31. The molecule has 0 atom stereocenters. The predicted molar refractivity (Wildman–Crippen MR) is 119 cm³/mol. The molecule has 0 spiro atoms. The van der Waals surface area contributed by atoms with Gasteiger partial charge in [-0.2, -0.15) is 4.99 Å². The van der Waals surface area contributed by atoms with Crippen molar-refractivity contribution >= 4 is 49.9 Å². The van der Waals surface area contributed by atoms with Gasteiger partial charge in [0.1, 0.15) is 12.3 Å². The van der Waals surface area contributed by atoms with Gasteiger partial charge in [-0.1, -0.05) is 35.6 Å². The van der Waals surface area contributed by atoms with Crippen LogP contribution in [0, 0.1) is 10.1 Å². The number of nitro benzene ring substituents is 1. The molecule has 0 aliphatic heterocycles. The van der Waals surface area contributed by atoms with Gasteiger partial charge in [0.2, 0.25) is 0 Å². The lowest BCUT2D eigenvalue weighted by Gasteiger charge is -2.08. The van der Waals surface area contributed by atoms with Gasteiger partial charge in [-0.05, 0) is 29.0 Å². The highest BCUT2D eigenvalue weighted by Gasteiger charge is 2.17. The molecule has 32 heavy (non-hydrogen) atoms. The topological polar surface area (TPSA) is 113 Å². The summed E-state index contributed by atoms with van der Waals surface area (Å²) < 4.78 is 12.2. The quantitative estimate of drug-likeness (QED) is 0.260. The Bertz CT molecular complexity index is 1450. The van der Waals surface area contributed by atoms with E-state index in [2.05, 4.69) is 4.99 Å². The number of hydrogen-bond donors (Lipinski definition) is 0. The molecule has 162 valence electrons. The van der Waals surface area contributed by atoms with Gasteiger partial charge in [-0.15, -0.1) is 0 Å². The van der Waals surface area contributed by atoms with Crippen molar-refractivity contribution in [2.45, 2.75) is 6.54 Å². The molecule has 10 heteroatoms. The van der Waals surface area contributed by atoms with Crippen LogP contribution in [0.3, 0.4) is 0 Å². The first kappa shape index (κ1) is 21.2.